The molecule has 3 aliphatic rings. The molecule has 0 aliphatic carbocycles. The zero-order valence-corrected chi connectivity index (χ0v) is 22.9. The van der Waals surface area contributed by atoms with Crippen LogP contribution in [0.4, 0.5) is 0 Å². The van der Waals surface area contributed by atoms with Crippen LogP contribution in [-0.4, -0.2) is 85.8 Å². The molecule has 1 aromatic rings. The molecule has 6 atom stereocenters. The quantitative estimate of drug-likeness (QED) is 0.450. The minimum atomic E-state index is -0.718. The smallest absolute Gasteiger partial charge is 0.247 e. The maximum atomic E-state index is 14.1. The highest BCUT2D eigenvalue weighted by Gasteiger charge is 2.76. The number of thioether (sulfide) groups is 1. The average Bonchev–Trinajstić information content (AvgIpc) is 3.46. The Bertz CT molecular complexity index is 1050. The number of carbonyl (C=O) groups is 3. The van der Waals surface area contributed by atoms with Crippen molar-refractivity contribution in [2.45, 2.75) is 55.8 Å². The SMILES string of the molecule is C=CCN(Cc1ccccc1)C(=O)[C@@H]1[C@@H]2CC(C)C3(S2)C(C(=O)N(CC=C)C(C)C)N(CCO)C(=O)[C@H]13. The van der Waals surface area contributed by atoms with Crippen molar-refractivity contribution in [3.05, 3.63) is 61.2 Å². The van der Waals surface area contributed by atoms with Crippen molar-refractivity contribution in [1.82, 2.24) is 14.7 Å². The highest BCUT2D eigenvalue weighted by molar-refractivity contribution is 8.02. The molecule has 3 unspecified atom stereocenters. The first-order valence-corrected chi connectivity index (χ1v) is 14.0. The van der Waals surface area contributed by atoms with Gasteiger partial charge in [0, 0.05) is 37.5 Å². The van der Waals surface area contributed by atoms with Gasteiger partial charge >= 0.3 is 0 Å². The molecule has 8 heteroatoms. The van der Waals surface area contributed by atoms with E-state index >= 15 is 0 Å². The van der Waals surface area contributed by atoms with E-state index in [-0.39, 0.29) is 48.1 Å². The summed E-state index contributed by atoms with van der Waals surface area (Å²) in [6.07, 6.45) is 4.19. The van der Waals surface area contributed by atoms with E-state index < -0.39 is 22.6 Å². The number of β-amino-alcohol motifs (C(OH)–C–C–N with tert-alkyl or cyclic N) is 1. The summed E-state index contributed by atoms with van der Waals surface area (Å²) < 4.78 is -0.699. The summed E-state index contributed by atoms with van der Waals surface area (Å²) >= 11 is 1.66. The van der Waals surface area contributed by atoms with Crippen LogP contribution in [0.15, 0.2) is 55.6 Å². The molecule has 1 aromatic carbocycles. The fourth-order valence-corrected chi connectivity index (χ4v) is 9.09. The lowest BCUT2D eigenvalue weighted by Crippen LogP contribution is -2.58. The van der Waals surface area contributed by atoms with Gasteiger partial charge in [-0.15, -0.1) is 24.9 Å². The molecular weight excluding hydrogens is 486 g/mol. The normalized spacial score (nSPS) is 29.9. The lowest BCUT2D eigenvalue weighted by atomic mass is 9.65. The van der Waals surface area contributed by atoms with E-state index in [0.717, 1.165) is 12.0 Å². The average molecular weight is 526 g/mol. The highest BCUT2D eigenvalue weighted by atomic mass is 32.2. The molecule has 3 amide bonds. The summed E-state index contributed by atoms with van der Waals surface area (Å²) in [5, 5.41) is 9.83. The fourth-order valence-electron chi connectivity index (χ4n) is 6.68. The number of fused-ring (bicyclic) bond motifs is 1. The van der Waals surface area contributed by atoms with Crippen molar-refractivity contribution < 1.29 is 19.5 Å². The topological polar surface area (TPSA) is 81.2 Å². The van der Waals surface area contributed by atoms with Gasteiger partial charge < -0.3 is 19.8 Å². The van der Waals surface area contributed by atoms with Crippen molar-refractivity contribution in [3.8, 4) is 0 Å². The lowest BCUT2D eigenvalue weighted by molar-refractivity contribution is -0.145. The maximum Gasteiger partial charge on any atom is 0.247 e. The van der Waals surface area contributed by atoms with Crippen molar-refractivity contribution >= 4 is 29.5 Å². The third-order valence-electron chi connectivity index (χ3n) is 8.22. The van der Waals surface area contributed by atoms with Crippen LogP contribution in [0.5, 0.6) is 0 Å². The van der Waals surface area contributed by atoms with Gasteiger partial charge in [-0.3, -0.25) is 14.4 Å². The number of hydrogen-bond donors (Lipinski definition) is 1. The third kappa shape index (κ3) is 4.52. The first kappa shape index (κ1) is 27.5. The standard InChI is InChI=1S/C29H39N3O4S/c1-6-13-30(18-21-11-9-8-10-12-21)26(34)23-22-17-20(5)29(37-22)24(23)27(35)32(15-16-33)25(29)28(36)31(14-7-2)19(3)4/h6-12,19-20,22-25,33H,1-2,13-18H2,3-5H3/t20?,22-,23+,24-,25?,29?/m0/s1. The molecule has 3 aliphatic heterocycles. The Kier molecular flexibility index (Phi) is 8.19. The van der Waals surface area contributed by atoms with Crippen LogP contribution in [0.3, 0.4) is 0 Å². The Hall–Kier alpha value is -2.58. The molecule has 7 nitrogen and oxygen atoms in total. The zero-order chi connectivity index (χ0) is 26.9. The minimum Gasteiger partial charge on any atom is -0.395 e. The minimum absolute atomic E-state index is 0.0296. The van der Waals surface area contributed by atoms with Crippen molar-refractivity contribution in [3.63, 3.8) is 0 Å². The Labute approximate surface area is 224 Å². The summed E-state index contributed by atoms with van der Waals surface area (Å²) in [6.45, 7) is 14.7. The summed E-state index contributed by atoms with van der Waals surface area (Å²) in [5.74, 6) is -1.40. The molecule has 4 rings (SSSR count). The molecule has 200 valence electrons. The van der Waals surface area contributed by atoms with E-state index in [0.29, 0.717) is 19.6 Å². The van der Waals surface area contributed by atoms with E-state index in [4.69, 9.17) is 0 Å². The third-order valence-corrected chi connectivity index (χ3v) is 10.3. The van der Waals surface area contributed by atoms with E-state index in [1.165, 1.54) is 0 Å². The van der Waals surface area contributed by atoms with Gasteiger partial charge in [0.25, 0.3) is 0 Å². The molecule has 0 aromatic heterocycles. The van der Waals surface area contributed by atoms with Crippen LogP contribution in [-0.2, 0) is 20.9 Å². The second-order valence-electron chi connectivity index (χ2n) is 10.7. The number of carbonyl (C=O) groups excluding carboxylic acids is 3. The summed E-state index contributed by atoms with van der Waals surface area (Å²) in [6, 6.07) is 9.02. The summed E-state index contributed by atoms with van der Waals surface area (Å²) in [7, 11) is 0. The summed E-state index contributed by atoms with van der Waals surface area (Å²) in [5.41, 5.74) is 1.02. The van der Waals surface area contributed by atoms with Gasteiger partial charge in [-0.25, -0.2) is 0 Å². The lowest BCUT2D eigenvalue weighted by Gasteiger charge is -2.41. The largest absolute Gasteiger partial charge is 0.395 e. The monoisotopic (exact) mass is 525 g/mol. The van der Waals surface area contributed by atoms with Gasteiger partial charge in [0.15, 0.2) is 0 Å². The molecule has 37 heavy (non-hydrogen) atoms. The highest BCUT2D eigenvalue weighted by Crippen LogP contribution is 2.68. The number of nitrogens with zero attached hydrogens (tertiary/aromatic N) is 3. The van der Waals surface area contributed by atoms with Crippen LogP contribution in [0.2, 0.25) is 0 Å². The molecule has 0 saturated carbocycles. The zero-order valence-electron chi connectivity index (χ0n) is 22.1. The van der Waals surface area contributed by atoms with Crippen LogP contribution in [0, 0.1) is 17.8 Å². The first-order valence-electron chi connectivity index (χ1n) is 13.2. The number of rotatable bonds is 11. The van der Waals surface area contributed by atoms with Crippen molar-refractivity contribution in [2.75, 3.05) is 26.2 Å². The molecule has 0 radical (unpaired) electrons. The number of likely N-dealkylation sites (tertiary alicyclic amines) is 1. The van der Waals surface area contributed by atoms with Crippen LogP contribution in [0.1, 0.15) is 32.8 Å². The first-order chi connectivity index (χ1) is 17.7. The van der Waals surface area contributed by atoms with E-state index in [2.05, 4.69) is 20.1 Å². The van der Waals surface area contributed by atoms with Crippen LogP contribution in [0.25, 0.3) is 0 Å². The molecule has 3 saturated heterocycles. The molecular formula is C29H39N3O4S. The van der Waals surface area contributed by atoms with E-state index in [1.54, 1.807) is 38.6 Å². The maximum absolute atomic E-state index is 14.1. The van der Waals surface area contributed by atoms with E-state index in [1.807, 2.05) is 44.2 Å². The van der Waals surface area contributed by atoms with Gasteiger partial charge in [0.05, 0.1) is 23.2 Å². The summed E-state index contributed by atoms with van der Waals surface area (Å²) in [4.78, 5) is 47.4. The van der Waals surface area contributed by atoms with Crippen molar-refractivity contribution in [2.24, 2.45) is 17.8 Å². The Balaban J connectivity index is 1.73. The molecule has 3 heterocycles. The number of aliphatic hydroxyl groups excluding tert-OH is 1. The van der Waals surface area contributed by atoms with E-state index in [9.17, 15) is 19.5 Å². The van der Waals surface area contributed by atoms with Crippen molar-refractivity contribution in [1.29, 1.82) is 0 Å². The Morgan fingerprint density at radius 3 is 2.46 bits per heavy atom. The molecule has 2 bridgehead atoms. The number of benzene rings is 1. The van der Waals surface area contributed by atoms with Gasteiger partial charge in [-0.05, 0) is 31.7 Å². The predicted molar refractivity (Wildman–Crippen MR) is 147 cm³/mol. The Morgan fingerprint density at radius 2 is 1.86 bits per heavy atom. The molecule has 3 fully saturated rings. The fraction of sp³-hybridized carbons (Fsp3) is 0.552. The van der Waals surface area contributed by atoms with Gasteiger partial charge in [-0.1, -0.05) is 49.4 Å². The predicted octanol–water partition coefficient (Wildman–Crippen LogP) is 2.95. The molecule has 1 spiro atoms. The molecule has 1 N–H and O–H groups in total. The number of hydrogen-bond acceptors (Lipinski definition) is 5. The van der Waals surface area contributed by atoms with Gasteiger partial charge in [0.1, 0.15) is 6.04 Å². The second-order valence-corrected chi connectivity index (χ2v) is 12.2. The second kappa shape index (κ2) is 11.0. The number of amides is 3. The van der Waals surface area contributed by atoms with Gasteiger partial charge in [0.2, 0.25) is 17.7 Å². The number of aliphatic hydroxyl groups is 1. The van der Waals surface area contributed by atoms with Crippen LogP contribution < -0.4 is 0 Å². The Morgan fingerprint density at radius 1 is 1.19 bits per heavy atom. The van der Waals surface area contributed by atoms with Gasteiger partial charge in [-0.2, -0.15) is 0 Å². The van der Waals surface area contributed by atoms with Crippen LogP contribution >= 0.6 is 11.8 Å².